The van der Waals surface area contributed by atoms with Crippen molar-refractivity contribution in [2.45, 2.75) is 13.5 Å². The summed E-state index contributed by atoms with van der Waals surface area (Å²) in [5.74, 6) is 1.17. The van der Waals surface area contributed by atoms with Crippen molar-refractivity contribution in [2.24, 2.45) is 0 Å². The molecular weight excluding hydrogens is 462 g/mol. The van der Waals surface area contributed by atoms with Gasteiger partial charge in [0.05, 0.1) is 5.69 Å². The number of hydrogen-bond acceptors (Lipinski definition) is 6. The fourth-order valence-corrected chi connectivity index (χ4v) is 3.77. The lowest BCUT2D eigenvalue weighted by Crippen LogP contribution is -2.12. The number of carbonyl (C=O) groups excluding carboxylic acids is 1. The number of nitrogens with one attached hydrogen (secondary N) is 2. The van der Waals surface area contributed by atoms with E-state index >= 15 is 0 Å². The van der Waals surface area contributed by atoms with Crippen molar-refractivity contribution in [2.75, 3.05) is 10.6 Å². The van der Waals surface area contributed by atoms with Gasteiger partial charge < -0.3 is 15.4 Å². The van der Waals surface area contributed by atoms with Gasteiger partial charge in [-0.3, -0.25) is 4.79 Å². The van der Waals surface area contributed by atoms with Gasteiger partial charge >= 0.3 is 0 Å². The number of anilines is 3. The van der Waals surface area contributed by atoms with Crippen molar-refractivity contribution in [3.05, 3.63) is 126 Å². The molecule has 5 aromatic rings. The summed E-state index contributed by atoms with van der Waals surface area (Å²) in [7, 11) is 0. The smallest absolute Gasteiger partial charge is 0.255 e. The number of amides is 1. The second-order valence-electron chi connectivity index (χ2n) is 8.40. The van der Waals surface area contributed by atoms with Gasteiger partial charge in [0, 0.05) is 34.9 Å². The Morgan fingerprint density at radius 3 is 2.49 bits per heavy atom. The summed E-state index contributed by atoms with van der Waals surface area (Å²) in [5, 5.41) is 6.32. The van der Waals surface area contributed by atoms with Gasteiger partial charge in [0.15, 0.2) is 0 Å². The van der Waals surface area contributed by atoms with E-state index in [0.717, 1.165) is 33.8 Å². The molecule has 182 valence electrons. The van der Waals surface area contributed by atoms with Crippen LogP contribution in [0, 0.1) is 6.92 Å². The molecule has 0 fully saturated rings. The van der Waals surface area contributed by atoms with Crippen molar-refractivity contribution < 1.29 is 9.53 Å². The lowest BCUT2D eigenvalue weighted by Gasteiger charge is -2.14. The number of nitrogens with zero attached hydrogens (tertiary/aromatic N) is 3. The maximum absolute atomic E-state index is 13.0. The molecule has 0 spiro atoms. The third-order valence-electron chi connectivity index (χ3n) is 5.78. The molecule has 1 amide bonds. The van der Waals surface area contributed by atoms with E-state index in [9.17, 15) is 4.79 Å². The highest BCUT2D eigenvalue weighted by Gasteiger charge is 2.12. The largest absolute Gasteiger partial charge is 0.489 e. The minimum atomic E-state index is -0.210. The van der Waals surface area contributed by atoms with Gasteiger partial charge in [-0.1, -0.05) is 36.4 Å². The molecule has 7 nitrogen and oxygen atoms in total. The first kappa shape index (κ1) is 23.7. The van der Waals surface area contributed by atoms with E-state index < -0.39 is 0 Å². The minimum absolute atomic E-state index is 0.210. The highest BCUT2D eigenvalue weighted by molar-refractivity contribution is 6.05. The van der Waals surface area contributed by atoms with E-state index in [1.54, 1.807) is 18.5 Å². The standard InChI is InChI=1S/C30H25N5O2/c1-21-9-10-23(18-28(21)35-29-26(8-5-16-32-29)27-15-17-31-20-33-27)30(36)34-24-11-13-25(14-12-24)37-19-22-6-3-2-4-7-22/h2-18,20H,19H2,1H3,(H,32,35)(H,34,36). The van der Waals surface area contributed by atoms with E-state index in [2.05, 4.69) is 25.6 Å². The highest BCUT2D eigenvalue weighted by atomic mass is 16.5. The topological polar surface area (TPSA) is 89.0 Å². The maximum Gasteiger partial charge on any atom is 0.255 e. The van der Waals surface area contributed by atoms with Crippen LogP contribution < -0.4 is 15.4 Å². The first-order chi connectivity index (χ1) is 18.2. The van der Waals surface area contributed by atoms with Gasteiger partial charge in [0.2, 0.25) is 0 Å². The van der Waals surface area contributed by atoms with E-state index in [4.69, 9.17) is 4.74 Å². The Morgan fingerprint density at radius 1 is 0.865 bits per heavy atom. The van der Waals surface area contributed by atoms with Crippen LogP contribution in [0.4, 0.5) is 17.2 Å². The average molecular weight is 488 g/mol. The average Bonchev–Trinajstić information content (AvgIpc) is 2.95. The predicted molar refractivity (Wildman–Crippen MR) is 145 cm³/mol. The number of pyridine rings is 1. The number of ether oxygens (including phenoxy) is 1. The van der Waals surface area contributed by atoms with Gasteiger partial charge in [-0.05, 0) is 72.6 Å². The normalized spacial score (nSPS) is 10.5. The molecule has 37 heavy (non-hydrogen) atoms. The molecule has 0 aliphatic carbocycles. The second kappa shape index (κ2) is 11.1. The number of rotatable bonds is 8. The van der Waals surface area contributed by atoms with Gasteiger partial charge in [-0.25, -0.2) is 15.0 Å². The molecule has 0 saturated heterocycles. The molecule has 0 unspecified atom stereocenters. The number of benzene rings is 3. The second-order valence-corrected chi connectivity index (χ2v) is 8.40. The summed E-state index contributed by atoms with van der Waals surface area (Å²) in [6, 6.07) is 28.5. The molecule has 5 rings (SSSR count). The Balaban J connectivity index is 1.27. The number of aryl methyl sites for hydroxylation is 1. The fourth-order valence-electron chi connectivity index (χ4n) is 3.77. The molecule has 2 aromatic heterocycles. The van der Waals surface area contributed by atoms with Crippen LogP contribution in [0.2, 0.25) is 0 Å². The fraction of sp³-hybridized carbons (Fsp3) is 0.0667. The lowest BCUT2D eigenvalue weighted by atomic mass is 10.1. The van der Waals surface area contributed by atoms with Gasteiger partial charge in [0.25, 0.3) is 5.91 Å². The Hall–Kier alpha value is -5.04. The van der Waals surface area contributed by atoms with Crippen LogP contribution in [0.3, 0.4) is 0 Å². The third-order valence-corrected chi connectivity index (χ3v) is 5.78. The maximum atomic E-state index is 13.0. The van der Waals surface area contributed by atoms with Crippen molar-refractivity contribution in [3.8, 4) is 17.0 Å². The molecule has 0 saturated carbocycles. The highest BCUT2D eigenvalue weighted by Crippen LogP contribution is 2.29. The Bertz CT molecular complexity index is 1490. The summed E-state index contributed by atoms with van der Waals surface area (Å²) in [6.07, 6.45) is 4.91. The zero-order chi connectivity index (χ0) is 25.5. The summed E-state index contributed by atoms with van der Waals surface area (Å²) >= 11 is 0. The van der Waals surface area contributed by atoms with Crippen LogP contribution in [0.1, 0.15) is 21.5 Å². The minimum Gasteiger partial charge on any atom is -0.489 e. The zero-order valence-corrected chi connectivity index (χ0v) is 20.3. The van der Waals surface area contributed by atoms with E-state index in [0.29, 0.717) is 23.7 Å². The number of carbonyl (C=O) groups is 1. The van der Waals surface area contributed by atoms with E-state index in [1.807, 2.05) is 91.9 Å². The van der Waals surface area contributed by atoms with Gasteiger partial charge in [0.1, 0.15) is 24.5 Å². The molecule has 0 aliphatic heterocycles. The summed E-state index contributed by atoms with van der Waals surface area (Å²) in [6.45, 7) is 2.46. The molecule has 3 aromatic carbocycles. The van der Waals surface area contributed by atoms with Crippen LogP contribution in [0.5, 0.6) is 5.75 Å². The van der Waals surface area contributed by atoms with Crippen molar-refractivity contribution in [3.63, 3.8) is 0 Å². The Morgan fingerprint density at radius 2 is 1.70 bits per heavy atom. The Labute approximate surface area is 215 Å². The Kier molecular flexibility index (Phi) is 7.13. The summed E-state index contributed by atoms with van der Waals surface area (Å²) < 4.78 is 5.83. The first-order valence-electron chi connectivity index (χ1n) is 11.8. The van der Waals surface area contributed by atoms with Crippen LogP contribution >= 0.6 is 0 Å². The van der Waals surface area contributed by atoms with Gasteiger partial charge in [-0.2, -0.15) is 0 Å². The number of aromatic nitrogens is 3. The first-order valence-corrected chi connectivity index (χ1v) is 11.8. The quantitative estimate of drug-likeness (QED) is 0.262. The van der Waals surface area contributed by atoms with Crippen molar-refractivity contribution >= 4 is 23.1 Å². The van der Waals surface area contributed by atoms with Crippen LogP contribution in [0.25, 0.3) is 11.3 Å². The van der Waals surface area contributed by atoms with Crippen molar-refractivity contribution in [1.29, 1.82) is 0 Å². The van der Waals surface area contributed by atoms with E-state index in [-0.39, 0.29) is 5.91 Å². The SMILES string of the molecule is Cc1ccc(C(=O)Nc2ccc(OCc3ccccc3)cc2)cc1Nc1ncccc1-c1ccncn1. The molecule has 0 bridgehead atoms. The molecule has 2 heterocycles. The molecule has 0 atom stereocenters. The van der Waals surface area contributed by atoms with Crippen LogP contribution in [-0.4, -0.2) is 20.9 Å². The number of hydrogen-bond donors (Lipinski definition) is 2. The zero-order valence-electron chi connectivity index (χ0n) is 20.3. The van der Waals surface area contributed by atoms with E-state index in [1.165, 1.54) is 6.33 Å². The molecule has 2 N–H and O–H groups in total. The molecule has 7 heteroatoms. The predicted octanol–water partition coefficient (Wildman–Crippen LogP) is 6.42. The molecule has 0 radical (unpaired) electrons. The van der Waals surface area contributed by atoms with Crippen molar-refractivity contribution in [1.82, 2.24) is 15.0 Å². The molecular formula is C30H25N5O2. The summed E-state index contributed by atoms with van der Waals surface area (Å²) in [4.78, 5) is 25.8. The van der Waals surface area contributed by atoms with Crippen LogP contribution in [-0.2, 0) is 6.61 Å². The monoisotopic (exact) mass is 487 g/mol. The molecule has 0 aliphatic rings. The van der Waals surface area contributed by atoms with Gasteiger partial charge in [-0.15, -0.1) is 0 Å². The third kappa shape index (κ3) is 5.97. The summed E-state index contributed by atoms with van der Waals surface area (Å²) in [5.41, 5.74) is 5.67. The van der Waals surface area contributed by atoms with Crippen LogP contribution in [0.15, 0.2) is 110 Å². The lowest BCUT2D eigenvalue weighted by molar-refractivity contribution is 0.102.